The highest BCUT2D eigenvalue weighted by Gasteiger charge is 2.09. The second kappa shape index (κ2) is 11.7. The molecule has 1 amide bonds. The molecule has 2 rings (SSSR count). The number of ether oxygens (including phenoxy) is 1. The van der Waals surface area contributed by atoms with Crippen molar-refractivity contribution in [1.82, 2.24) is 10.3 Å². The van der Waals surface area contributed by atoms with Crippen molar-refractivity contribution in [3.05, 3.63) is 66.2 Å². The Balaban J connectivity index is 0.000000970. The first-order valence-electron chi connectivity index (χ1n) is 7.38. The van der Waals surface area contributed by atoms with Crippen LogP contribution in [0.5, 0.6) is 0 Å². The summed E-state index contributed by atoms with van der Waals surface area (Å²) in [4.78, 5) is 26.2. The van der Waals surface area contributed by atoms with Crippen molar-refractivity contribution in [2.75, 3.05) is 19.8 Å². The smallest absolute Gasteiger partial charge is 0.290 e. The highest BCUT2D eigenvalue weighted by Crippen LogP contribution is 2.22. The van der Waals surface area contributed by atoms with Crippen molar-refractivity contribution in [2.45, 2.75) is 0 Å². The maximum absolute atomic E-state index is 12.0. The number of amides is 1. The topological polar surface area (TPSA) is 88.5 Å². The second-order valence-electron chi connectivity index (χ2n) is 4.60. The molecule has 0 fully saturated rings. The van der Waals surface area contributed by atoms with E-state index in [-0.39, 0.29) is 12.4 Å². The Hall–Kier alpha value is -2.77. The minimum atomic E-state index is -0.250. The van der Waals surface area contributed by atoms with Crippen molar-refractivity contribution in [2.24, 2.45) is 0 Å². The largest absolute Gasteiger partial charge is 0.483 e. The number of aromatic nitrogens is 1. The molecule has 132 valence electrons. The molecule has 0 aliphatic carbocycles. The fraction of sp³-hybridized carbons (Fsp3) is 0.167. The number of allylic oxidation sites excluding steroid dienone is 2. The summed E-state index contributed by atoms with van der Waals surface area (Å²) in [5.41, 5.74) is 0.955. The lowest BCUT2D eigenvalue weighted by molar-refractivity contribution is -0.122. The average Bonchev–Trinajstić information content (AvgIpc) is 3.05. The number of nitrogens with zero attached hydrogens (tertiary/aromatic N) is 1. The van der Waals surface area contributed by atoms with Gasteiger partial charge >= 0.3 is 0 Å². The predicted octanol–water partition coefficient (Wildman–Crippen LogP) is 3.04. The van der Waals surface area contributed by atoms with Gasteiger partial charge in [-0.2, -0.15) is 0 Å². The first kappa shape index (κ1) is 20.3. The Bertz CT molecular complexity index is 719. The van der Waals surface area contributed by atoms with Gasteiger partial charge < -0.3 is 15.2 Å². The number of carbonyl (C=O) groups excluding carboxylic acids is 1. The third kappa shape index (κ3) is 7.11. The van der Waals surface area contributed by atoms with Crippen molar-refractivity contribution in [3.63, 3.8) is 0 Å². The van der Waals surface area contributed by atoms with Crippen molar-refractivity contribution in [1.29, 1.82) is 0 Å². The predicted molar refractivity (Wildman–Crippen MR) is 99.9 cm³/mol. The number of nitrogens with one attached hydrogen (secondary N) is 1. The fourth-order valence-electron chi connectivity index (χ4n) is 1.83. The summed E-state index contributed by atoms with van der Waals surface area (Å²) in [6.45, 7) is 8.43. The van der Waals surface area contributed by atoms with Crippen LogP contribution in [0.25, 0.3) is 10.2 Å². The van der Waals surface area contributed by atoms with Crippen LogP contribution in [0, 0.1) is 0 Å². The number of carboxylic acid groups (broad SMARTS) is 1. The monoisotopic (exact) mass is 360 g/mol. The molecule has 0 unspecified atom stereocenters. The fourth-order valence-corrected chi connectivity index (χ4v) is 2.74. The van der Waals surface area contributed by atoms with Gasteiger partial charge in [0.05, 0.1) is 18.1 Å². The van der Waals surface area contributed by atoms with E-state index in [9.17, 15) is 4.79 Å². The quantitative estimate of drug-likeness (QED) is 0.429. The molecule has 2 aromatic heterocycles. The number of hydrogen-bond acceptors (Lipinski definition) is 5. The first-order valence-corrected chi connectivity index (χ1v) is 8.20. The summed E-state index contributed by atoms with van der Waals surface area (Å²) in [7, 11) is 0. The summed E-state index contributed by atoms with van der Waals surface area (Å²) in [5, 5.41) is 10.7. The van der Waals surface area contributed by atoms with E-state index < -0.39 is 0 Å². The summed E-state index contributed by atoms with van der Waals surface area (Å²) in [5.74, 6) is -0.0998. The van der Waals surface area contributed by atoms with Gasteiger partial charge in [-0.25, -0.2) is 4.98 Å². The molecule has 2 aromatic rings. The highest BCUT2D eigenvalue weighted by atomic mass is 32.1. The molecular weight excluding hydrogens is 340 g/mol. The third-order valence-electron chi connectivity index (χ3n) is 2.91. The lowest BCUT2D eigenvalue weighted by Crippen LogP contribution is -2.26. The molecule has 2 heterocycles. The second-order valence-corrected chi connectivity index (χ2v) is 5.63. The Morgan fingerprint density at radius 1 is 1.44 bits per heavy atom. The molecule has 0 radical (unpaired) electrons. The Morgan fingerprint density at radius 2 is 2.20 bits per heavy atom. The van der Waals surface area contributed by atoms with E-state index in [1.165, 1.54) is 11.3 Å². The van der Waals surface area contributed by atoms with E-state index in [0.29, 0.717) is 24.6 Å². The van der Waals surface area contributed by atoms with Crippen LogP contribution in [0.1, 0.15) is 9.67 Å². The molecule has 0 spiro atoms. The van der Waals surface area contributed by atoms with Gasteiger partial charge in [-0.05, 0) is 17.7 Å². The zero-order valence-corrected chi connectivity index (χ0v) is 14.5. The molecule has 0 saturated heterocycles. The third-order valence-corrected chi connectivity index (χ3v) is 3.97. The van der Waals surface area contributed by atoms with Gasteiger partial charge in [0.25, 0.3) is 12.4 Å². The molecule has 0 atom stereocenters. The van der Waals surface area contributed by atoms with Gasteiger partial charge in [0.15, 0.2) is 0 Å². The summed E-state index contributed by atoms with van der Waals surface area (Å²) >= 11 is 1.39. The number of rotatable bonds is 8. The summed E-state index contributed by atoms with van der Waals surface area (Å²) in [6, 6.07) is 5.66. The maximum Gasteiger partial charge on any atom is 0.290 e. The van der Waals surface area contributed by atoms with E-state index in [1.807, 2.05) is 24.3 Å². The number of fused-ring (bicyclic) bond motifs is 1. The average molecular weight is 360 g/mol. The number of pyridine rings is 1. The minimum absolute atomic E-state index is 0.0998. The van der Waals surface area contributed by atoms with E-state index in [0.717, 1.165) is 15.8 Å². The van der Waals surface area contributed by atoms with Crippen LogP contribution in [-0.2, 0) is 9.53 Å². The standard InChI is InChI=1S/C17H18N2O2S.CH2O2/c1-3-6-13(4-2)12-21-10-9-18-16(20)15-11-14-7-5-8-19-17(14)22-15;2-1-3/h3-8,11H,1-2,9-10,12H2,(H,18,20);1H,(H,2,3)/b13-6+;. The maximum atomic E-state index is 12.0. The zero-order chi connectivity index (χ0) is 18.5. The molecule has 7 heteroatoms. The molecule has 2 N–H and O–H groups in total. The highest BCUT2D eigenvalue weighted by molar-refractivity contribution is 7.20. The van der Waals surface area contributed by atoms with Crippen LogP contribution in [0.15, 0.2) is 61.4 Å². The molecule has 0 bridgehead atoms. The van der Waals surface area contributed by atoms with Crippen LogP contribution in [0.3, 0.4) is 0 Å². The van der Waals surface area contributed by atoms with Gasteiger partial charge in [0, 0.05) is 18.1 Å². The Morgan fingerprint density at radius 3 is 2.84 bits per heavy atom. The van der Waals surface area contributed by atoms with E-state index >= 15 is 0 Å². The number of hydrogen-bond donors (Lipinski definition) is 2. The van der Waals surface area contributed by atoms with Gasteiger partial charge in [0.1, 0.15) is 4.83 Å². The Labute approximate surface area is 150 Å². The van der Waals surface area contributed by atoms with Gasteiger partial charge in [-0.1, -0.05) is 37.5 Å². The zero-order valence-electron chi connectivity index (χ0n) is 13.7. The summed E-state index contributed by atoms with van der Waals surface area (Å²) in [6.07, 6.45) is 6.99. The van der Waals surface area contributed by atoms with E-state index in [4.69, 9.17) is 14.6 Å². The molecule has 25 heavy (non-hydrogen) atoms. The van der Waals surface area contributed by atoms with Crippen molar-refractivity contribution >= 4 is 33.9 Å². The van der Waals surface area contributed by atoms with Gasteiger partial charge in [0.2, 0.25) is 0 Å². The van der Waals surface area contributed by atoms with Crippen molar-refractivity contribution < 1.29 is 19.4 Å². The molecule has 0 aliphatic rings. The normalized spacial score (nSPS) is 10.5. The van der Waals surface area contributed by atoms with Crippen LogP contribution in [0.4, 0.5) is 0 Å². The van der Waals surface area contributed by atoms with Crippen molar-refractivity contribution in [3.8, 4) is 0 Å². The molecular formula is C18H20N2O4S. The van der Waals surface area contributed by atoms with Gasteiger partial charge in [-0.3, -0.25) is 9.59 Å². The first-order chi connectivity index (χ1) is 12.2. The van der Waals surface area contributed by atoms with Crippen LogP contribution >= 0.6 is 11.3 Å². The van der Waals surface area contributed by atoms with E-state index in [1.54, 1.807) is 18.3 Å². The molecule has 0 aromatic carbocycles. The van der Waals surface area contributed by atoms with Crippen LogP contribution < -0.4 is 5.32 Å². The molecule has 0 saturated carbocycles. The molecule has 6 nitrogen and oxygen atoms in total. The van der Waals surface area contributed by atoms with E-state index in [2.05, 4.69) is 23.5 Å². The summed E-state index contributed by atoms with van der Waals surface area (Å²) < 4.78 is 5.47. The lowest BCUT2D eigenvalue weighted by Gasteiger charge is -2.06. The minimum Gasteiger partial charge on any atom is -0.483 e. The number of thiophene rings is 1. The van der Waals surface area contributed by atoms with Gasteiger partial charge in [-0.15, -0.1) is 11.3 Å². The lowest BCUT2D eigenvalue weighted by atomic mass is 10.2. The number of carbonyl (C=O) groups is 2. The van der Waals surface area contributed by atoms with Crippen LogP contribution in [0.2, 0.25) is 0 Å². The SMILES string of the molecule is C=C/C=C(\C=C)COCCNC(=O)c1cc2cccnc2s1.O=CO. The van der Waals surface area contributed by atoms with Crippen LogP contribution in [-0.4, -0.2) is 42.2 Å². The Kier molecular flexibility index (Phi) is 9.50. The molecule has 0 aliphatic heterocycles.